The number of rotatable bonds is 1. The first kappa shape index (κ1) is 18.0. The molecule has 0 aliphatic carbocycles. The Balaban J connectivity index is 0.00000324. The number of aromatic carboxylic acids is 1. The maximum absolute atomic E-state index is 11.1. The highest BCUT2D eigenvalue weighted by Crippen LogP contribution is 2.41. The van der Waals surface area contributed by atoms with E-state index in [1.165, 1.54) is 6.07 Å². The van der Waals surface area contributed by atoms with Crippen LogP contribution in [-0.4, -0.2) is 33.5 Å². The highest BCUT2D eigenvalue weighted by Gasteiger charge is 2.30. The van der Waals surface area contributed by atoms with E-state index >= 15 is 0 Å². The minimum absolute atomic E-state index is 0. The average molecular weight is 280 g/mol. The normalized spacial score (nSPS) is 11.9. The van der Waals surface area contributed by atoms with Gasteiger partial charge in [-0.05, 0) is 22.5 Å². The van der Waals surface area contributed by atoms with Crippen LogP contribution in [0.2, 0.25) is 0 Å². The zero-order valence-electron chi connectivity index (χ0n) is 12.0. The number of carboxylic acids is 1. The molecule has 0 unspecified atom stereocenters. The molecule has 106 valence electrons. The second kappa shape index (κ2) is 5.57. The molecule has 0 radical (unpaired) electrons. The zero-order valence-corrected chi connectivity index (χ0v) is 12.0. The molecule has 0 aliphatic heterocycles. The second-order valence-electron chi connectivity index (χ2n) is 6.69. The Labute approximate surface area is 125 Å². The molecule has 0 heterocycles. The summed E-state index contributed by atoms with van der Waals surface area (Å²) in [6, 6.07) is 3.29. The summed E-state index contributed by atoms with van der Waals surface area (Å²) in [5.74, 6) is -1.21. The lowest BCUT2D eigenvalue weighted by atomic mass is 9.74. The van der Waals surface area contributed by atoms with Gasteiger partial charge in [0.25, 0.3) is 0 Å². The van der Waals surface area contributed by atoms with Gasteiger partial charge >= 0.3 is 5.97 Å². The van der Waals surface area contributed by atoms with Crippen molar-refractivity contribution in [3.63, 3.8) is 0 Å². The molecule has 0 aliphatic rings. The van der Waals surface area contributed by atoms with Gasteiger partial charge in [-0.15, -0.1) is 0 Å². The van der Waals surface area contributed by atoms with Crippen molar-refractivity contribution in [3.8, 4) is 5.75 Å². The van der Waals surface area contributed by atoms with Crippen LogP contribution in [0.5, 0.6) is 5.75 Å². The number of benzene rings is 1. The maximum atomic E-state index is 11.1. The molecule has 0 spiro atoms. The standard InChI is InChI=1S/C15H22O3.Al.3H/c1-14(2,3)10-8-7-9(13(17)18)12(16)11(10)15(4,5)6;;;;/h7-8,16H,1-6H3,(H,17,18);;;;. The Morgan fingerprint density at radius 2 is 1.47 bits per heavy atom. The first-order chi connectivity index (χ1) is 7.96. The minimum Gasteiger partial charge on any atom is -0.507 e. The molecule has 1 rings (SSSR count). The van der Waals surface area contributed by atoms with Crippen molar-refractivity contribution in [2.45, 2.75) is 52.4 Å². The van der Waals surface area contributed by atoms with Gasteiger partial charge in [0.1, 0.15) is 11.3 Å². The first-order valence-corrected chi connectivity index (χ1v) is 6.06. The lowest BCUT2D eigenvalue weighted by Crippen LogP contribution is -2.23. The van der Waals surface area contributed by atoms with Crippen LogP contribution < -0.4 is 0 Å². The summed E-state index contributed by atoms with van der Waals surface area (Å²) in [6.07, 6.45) is 0. The van der Waals surface area contributed by atoms with E-state index in [-0.39, 0.29) is 39.5 Å². The summed E-state index contributed by atoms with van der Waals surface area (Å²) in [4.78, 5) is 11.1. The number of hydrogen-bond donors (Lipinski definition) is 2. The van der Waals surface area contributed by atoms with Crippen molar-refractivity contribution in [2.75, 3.05) is 0 Å². The Kier molecular flexibility index (Phi) is 5.28. The zero-order chi connectivity index (χ0) is 14.3. The SMILES string of the molecule is CC(C)(C)c1ccc(C(=O)O)c(O)c1C(C)(C)C.[AlH3]. The van der Waals surface area contributed by atoms with Crippen LogP contribution in [0, 0.1) is 0 Å². The monoisotopic (exact) mass is 280 g/mol. The fourth-order valence-electron chi connectivity index (χ4n) is 2.15. The third-order valence-corrected chi connectivity index (χ3v) is 2.97. The van der Waals surface area contributed by atoms with Crippen molar-refractivity contribution >= 4 is 23.3 Å². The molecule has 3 nitrogen and oxygen atoms in total. The summed E-state index contributed by atoms with van der Waals surface area (Å²) in [6.45, 7) is 12.1. The number of hydrogen-bond acceptors (Lipinski definition) is 2. The highest BCUT2D eigenvalue weighted by molar-refractivity contribution is 5.91. The summed E-state index contributed by atoms with van der Waals surface area (Å²) < 4.78 is 0. The predicted octanol–water partition coefficient (Wildman–Crippen LogP) is 2.50. The molecule has 0 amide bonds. The number of aromatic hydroxyl groups is 1. The molecule has 4 heteroatoms. The molecule has 0 saturated heterocycles. The van der Waals surface area contributed by atoms with E-state index in [2.05, 4.69) is 20.8 Å². The smallest absolute Gasteiger partial charge is 0.339 e. The highest BCUT2D eigenvalue weighted by atomic mass is 27.0. The van der Waals surface area contributed by atoms with Gasteiger partial charge in [-0.1, -0.05) is 47.6 Å². The average Bonchev–Trinajstić information content (AvgIpc) is 2.12. The summed E-state index contributed by atoms with van der Waals surface area (Å²) in [5, 5.41) is 19.3. The van der Waals surface area contributed by atoms with Crippen LogP contribution in [0.25, 0.3) is 0 Å². The topological polar surface area (TPSA) is 57.5 Å². The van der Waals surface area contributed by atoms with Gasteiger partial charge < -0.3 is 10.2 Å². The molecule has 19 heavy (non-hydrogen) atoms. The van der Waals surface area contributed by atoms with Gasteiger partial charge in [-0.25, -0.2) is 4.79 Å². The van der Waals surface area contributed by atoms with E-state index in [0.717, 1.165) is 11.1 Å². The summed E-state index contributed by atoms with van der Waals surface area (Å²) in [7, 11) is 0. The van der Waals surface area contributed by atoms with Gasteiger partial charge in [0, 0.05) is 5.56 Å². The van der Waals surface area contributed by atoms with Gasteiger partial charge in [-0.2, -0.15) is 0 Å². The van der Waals surface area contributed by atoms with Crippen LogP contribution in [0.1, 0.15) is 63.0 Å². The number of carboxylic acid groups (broad SMARTS) is 1. The molecular formula is C15H25AlO3. The quantitative estimate of drug-likeness (QED) is 0.777. The predicted molar refractivity (Wildman–Crippen MR) is 82.4 cm³/mol. The van der Waals surface area contributed by atoms with E-state index in [9.17, 15) is 9.90 Å². The largest absolute Gasteiger partial charge is 0.507 e. The molecule has 0 aromatic heterocycles. The lowest BCUT2D eigenvalue weighted by Gasteiger charge is -2.31. The van der Waals surface area contributed by atoms with Gasteiger partial charge in [0.05, 0.1) is 0 Å². The molecule has 2 N–H and O–H groups in total. The Morgan fingerprint density at radius 3 is 1.79 bits per heavy atom. The van der Waals surface area contributed by atoms with Crippen molar-refractivity contribution in [1.29, 1.82) is 0 Å². The van der Waals surface area contributed by atoms with Crippen LogP contribution in [-0.2, 0) is 10.8 Å². The fourth-order valence-corrected chi connectivity index (χ4v) is 2.15. The maximum Gasteiger partial charge on any atom is 0.339 e. The lowest BCUT2D eigenvalue weighted by molar-refractivity contribution is 0.0693. The first-order valence-electron chi connectivity index (χ1n) is 6.06. The molecule has 0 bridgehead atoms. The van der Waals surface area contributed by atoms with Crippen LogP contribution in [0.4, 0.5) is 0 Å². The van der Waals surface area contributed by atoms with Crippen LogP contribution in [0.15, 0.2) is 12.1 Å². The van der Waals surface area contributed by atoms with Gasteiger partial charge in [0.2, 0.25) is 0 Å². The number of phenols is 1. The van der Waals surface area contributed by atoms with E-state index in [1.54, 1.807) is 0 Å². The second-order valence-corrected chi connectivity index (χ2v) is 6.69. The van der Waals surface area contributed by atoms with Crippen molar-refractivity contribution in [2.24, 2.45) is 0 Å². The van der Waals surface area contributed by atoms with E-state index in [1.807, 2.05) is 26.8 Å². The molecule has 0 atom stereocenters. The third-order valence-electron chi connectivity index (χ3n) is 2.97. The van der Waals surface area contributed by atoms with E-state index in [4.69, 9.17) is 5.11 Å². The number of carbonyl (C=O) groups is 1. The van der Waals surface area contributed by atoms with E-state index in [0.29, 0.717) is 0 Å². The summed E-state index contributed by atoms with van der Waals surface area (Å²) >= 11 is 0. The van der Waals surface area contributed by atoms with Crippen LogP contribution >= 0.6 is 0 Å². The Bertz CT molecular complexity index is 479. The van der Waals surface area contributed by atoms with Crippen molar-refractivity contribution < 1.29 is 15.0 Å². The fraction of sp³-hybridized carbons (Fsp3) is 0.533. The summed E-state index contributed by atoms with van der Waals surface area (Å²) in [5.41, 5.74) is 1.22. The molecular weight excluding hydrogens is 255 g/mol. The Hall–Kier alpha value is -0.978. The van der Waals surface area contributed by atoms with Crippen molar-refractivity contribution in [1.82, 2.24) is 0 Å². The van der Waals surface area contributed by atoms with Gasteiger partial charge in [0.15, 0.2) is 17.4 Å². The minimum atomic E-state index is -1.10. The molecule has 0 saturated carbocycles. The molecule has 1 aromatic rings. The molecule has 0 fully saturated rings. The van der Waals surface area contributed by atoms with Crippen LogP contribution in [0.3, 0.4) is 0 Å². The van der Waals surface area contributed by atoms with Crippen molar-refractivity contribution in [3.05, 3.63) is 28.8 Å². The Morgan fingerprint density at radius 1 is 1.00 bits per heavy atom. The molecule has 1 aromatic carbocycles. The van der Waals surface area contributed by atoms with E-state index < -0.39 is 5.97 Å². The third kappa shape index (κ3) is 3.75. The van der Waals surface area contributed by atoms with Gasteiger partial charge in [-0.3, -0.25) is 0 Å².